The Morgan fingerprint density at radius 2 is 2.05 bits per heavy atom. The van der Waals surface area contributed by atoms with Crippen LogP contribution < -0.4 is 10.2 Å². The number of nitriles is 2. The molecule has 0 bridgehead atoms. The van der Waals surface area contributed by atoms with Crippen molar-refractivity contribution in [1.82, 2.24) is 4.98 Å². The van der Waals surface area contributed by atoms with Gasteiger partial charge in [-0.25, -0.2) is 9.37 Å². The van der Waals surface area contributed by atoms with E-state index in [1.807, 2.05) is 0 Å². The quantitative estimate of drug-likeness (QED) is 0.686. The maximum Gasteiger partial charge on any atom is 0.237 e. The molecule has 0 saturated carbocycles. The van der Waals surface area contributed by atoms with Crippen LogP contribution in [0.5, 0.6) is 11.6 Å². The van der Waals surface area contributed by atoms with Gasteiger partial charge in [0.15, 0.2) is 0 Å². The normalized spacial score (nSPS) is 9.10. The van der Waals surface area contributed by atoms with Crippen molar-refractivity contribution in [2.45, 2.75) is 0 Å². The number of hydrogen-bond acceptors (Lipinski definition) is 6. The molecule has 2 aromatic rings. The number of halogens is 1. The molecule has 0 atom stereocenters. The predicted octanol–water partition coefficient (Wildman–Crippen LogP) is 2.83. The van der Waals surface area contributed by atoms with Gasteiger partial charge in [-0.3, -0.25) is 5.43 Å². The molecule has 1 heterocycles. The summed E-state index contributed by atoms with van der Waals surface area (Å²) in [7, 11) is 0. The van der Waals surface area contributed by atoms with Gasteiger partial charge in [-0.2, -0.15) is 15.6 Å². The van der Waals surface area contributed by atoms with E-state index in [1.165, 1.54) is 24.4 Å². The highest BCUT2D eigenvalue weighted by Crippen LogP contribution is 2.20. The standard InChI is InChI=1S/C14H8FN5O/c15-10-2-1-3-13(6-10)21-14-5-4-11(9-18-14)19-20-12(7-16)8-17/h1-6,9,19H. The molecule has 1 aromatic carbocycles. The van der Waals surface area contributed by atoms with Crippen molar-refractivity contribution in [2.24, 2.45) is 5.10 Å². The second kappa shape index (κ2) is 6.64. The lowest BCUT2D eigenvalue weighted by Crippen LogP contribution is -1.97. The minimum atomic E-state index is -0.402. The summed E-state index contributed by atoms with van der Waals surface area (Å²) in [4.78, 5) is 3.99. The topological polar surface area (TPSA) is 94.1 Å². The van der Waals surface area contributed by atoms with E-state index >= 15 is 0 Å². The van der Waals surface area contributed by atoms with Gasteiger partial charge in [-0.1, -0.05) is 6.07 Å². The highest BCUT2D eigenvalue weighted by molar-refractivity contribution is 6.10. The number of anilines is 1. The Kier molecular flexibility index (Phi) is 4.42. The van der Waals surface area contributed by atoms with Crippen LogP contribution in [0, 0.1) is 28.5 Å². The summed E-state index contributed by atoms with van der Waals surface area (Å²) < 4.78 is 18.4. The molecular formula is C14H8FN5O. The van der Waals surface area contributed by atoms with Crippen molar-refractivity contribution in [3.63, 3.8) is 0 Å². The first-order valence-corrected chi connectivity index (χ1v) is 5.74. The third-order valence-corrected chi connectivity index (χ3v) is 2.26. The summed E-state index contributed by atoms with van der Waals surface area (Å²) in [6, 6.07) is 12.1. The number of hydrogen-bond donors (Lipinski definition) is 1. The van der Waals surface area contributed by atoms with E-state index in [2.05, 4.69) is 15.5 Å². The molecule has 7 heteroatoms. The van der Waals surface area contributed by atoms with Crippen LogP contribution in [0.2, 0.25) is 0 Å². The molecule has 1 aromatic heterocycles. The van der Waals surface area contributed by atoms with Crippen LogP contribution in [0.3, 0.4) is 0 Å². The van der Waals surface area contributed by atoms with Gasteiger partial charge < -0.3 is 4.74 Å². The van der Waals surface area contributed by atoms with Gasteiger partial charge in [0.1, 0.15) is 23.7 Å². The van der Waals surface area contributed by atoms with Crippen LogP contribution >= 0.6 is 0 Å². The fourth-order valence-corrected chi connectivity index (χ4v) is 1.35. The number of nitrogens with zero attached hydrogens (tertiary/aromatic N) is 4. The van der Waals surface area contributed by atoms with E-state index in [0.29, 0.717) is 11.4 Å². The Balaban J connectivity index is 2.04. The predicted molar refractivity (Wildman–Crippen MR) is 73.0 cm³/mol. The molecule has 21 heavy (non-hydrogen) atoms. The van der Waals surface area contributed by atoms with Crippen LogP contribution in [0.4, 0.5) is 10.1 Å². The second-order valence-electron chi connectivity index (χ2n) is 3.74. The molecule has 0 fully saturated rings. The van der Waals surface area contributed by atoms with E-state index in [-0.39, 0.29) is 11.6 Å². The first kappa shape index (κ1) is 14.0. The third kappa shape index (κ3) is 4.01. The number of pyridine rings is 1. The summed E-state index contributed by atoms with van der Waals surface area (Å²) in [5.41, 5.74) is 2.69. The van der Waals surface area contributed by atoms with Gasteiger partial charge in [0, 0.05) is 12.1 Å². The number of rotatable bonds is 4. The molecule has 0 aliphatic rings. The maximum absolute atomic E-state index is 13.0. The van der Waals surface area contributed by atoms with E-state index < -0.39 is 5.82 Å². The Bertz CT molecular complexity index is 727. The molecular weight excluding hydrogens is 273 g/mol. The van der Waals surface area contributed by atoms with Crippen molar-refractivity contribution in [3.8, 4) is 23.8 Å². The number of nitrogens with one attached hydrogen (secondary N) is 1. The summed E-state index contributed by atoms with van der Waals surface area (Å²) in [6.07, 6.45) is 1.41. The van der Waals surface area contributed by atoms with E-state index in [1.54, 1.807) is 30.3 Å². The van der Waals surface area contributed by atoms with E-state index in [9.17, 15) is 4.39 Å². The molecule has 0 aliphatic heterocycles. The van der Waals surface area contributed by atoms with Crippen molar-refractivity contribution in [3.05, 3.63) is 48.4 Å². The summed E-state index contributed by atoms with van der Waals surface area (Å²) in [5.74, 6) is 0.203. The average Bonchev–Trinajstić information content (AvgIpc) is 2.50. The van der Waals surface area contributed by atoms with Gasteiger partial charge in [-0.05, 0) is 18.2 Å². The molecule has 0 saturated heterocycles. The van der Waals surface area contributed by atoms with Crippen molar-refractivity contribution >= 4 is 11.4 Å². The smallest absolute Gasteiger partial charge is 0.237 e. The lowest BCUT2D eigenvalue weighted by molar-refractivity contribution is 0.458. The summed E-state index contributed by atoms with van der Waals surface area (Å²) in [6.45, 7) is 0. The molecule has 6 nitrogen and oxygen atoms in total. The fraction of sp³-hybridized carbons (Fsp3) is 0. The highest BCUT2D eigenvalue weighted by atomic mass is 19.1. The van der Waals surface area contributed by atoms with Crippen LogP contribution in [0.1, 0.15) is 0 Å². The highest BCUT2D eigenvalue weighted by Gasteiger charge is 2.01. The zero-order chi connectivity index (χ0) is 15.1. The van der Waals surface area contributed by atoms with Gasteiger partial charge in [0.2, 0.25) is 11.6 Å². The Hall–Kier alpha value is -3.45. The molecule has 0 aliphatic carbocycles. The number of hydrazone groups is 1. The minimum Gasteiger partial charge on any atom is -0.439 e. The van der Waals surface area contributed by atoms with Crippen LogP contribution in [-0.4, -0.2) is 10.7 Å². The molecule has 1 N–H and O–H groups in total. The maximum atomic E-state index is 13.0. The van der Waals surface area contributed by atoms with Crippen LogP contribution in [0.15, 0.2) is 47.7 Å². The first-order chi connectivity index (χ1) is 10.2. The van der Waals surface area contributed by atoms with Crippen molar-refractivity contribution in [1.29, 1.82) is 10.5 Å². The fourth-order valence-electron chi connectivity index (χ4n) is 1.35. The van der Waals surface area contributed by atoms with E-state index in [0.717, 1.165) is 0 Å². The minimum absolute atomic E-state index is 0.274. The van der Waals surface area contributed by atoms with Gasteiger partial charge in [0.05, 0.1) is 11.9 Å². The van der Waals surface area contributed by atoms with Crippen molar-refractivity contribution in [2.75, 3.05) is 5.43 Å². The molecule has 0 unspecified atom stereocenters. The number of aromatic nitrogens is 1. The summed E-state index contributed by atoms with van der Waals surface area (Å²) in [5, 5.41) is 20.6. The first-order valence-electron chi connectivity index (χ1n) is 5.74. The lowest BCUT2D eigenvalue weighted by Gasteiger charge is -2.05. The number of benzene rings is 1. The molecule has 0 radical (unpaired) electrons. The zero-order valence-corrected chi connectivity index (χ0v) is 10.6. The number of ether oxygens (including phenoxy) is 1. The lowest BCUT2D eigenvalue weighted by atomic mass is 10.3. The second-order valence-corrected chi connectivity index (χ2v) is 3.74. The average molecular weight is 281 g/mol. The molecule has 0 spiro atoms. The molecule has 102 valence electrons. The van der Waals surface area contributed by atoms with E-state index in [4.69, 9.17) is 15.3 Å². The van der Waals surface area contributed by atoms with Gasteiger partial charge >= 0.3 is 0 Å². The Morgan fingerprint density at radius 1 is 1.24 bits per heavy atom. The zero-order valence-electron chi connectivity index (χ0n) is 10.6. The van der Waals surface area contributed by atoms with Crippen molar-refractivity contribution < 1.29 is 9.13 Å². The van der Waals surface area contributed by atoms with Crippen LogP contribution in [-0.2, 0) is 0 Å². The largest absolute Gasteiger partial charge is 0.439 e. The third-order valence-electron chi connectivity index (χ3n) is 2.26. The monoisotopic (exact) mass is 281 g/mol. The van der Waals surface area contributed by atoms with Gasteiger partial charge in [-0.15, -0.1) is 0 Å². The molecule has 0 amide bonds. The Morgan fingerprint density at radius 3 is 2.67 bits per heavy atom. The summed E-state index contributed by atoms with van der Waals surface area (Å²) >= 11 is 0. The Labute approximate surface area is 119 Å². The van der Waals surface area contributed by atoms with Crippen LogP contribution in [0.25, 0.3) is 0 Å². The molecule has 2 rings (SSSR count). The SMILES string of the molecule is N#CC(C#N)=NNc1ccc(Oc2cccc(F)c2)nc1. The van der Waals surface area contributed by atoms with Gasteiger partial charge in [0.25, 0.3) is 0 Å².